The van der Waals surface area contributed by atoms with Crippen molar-refractivity contribution in [2.75, 3.05) is 5.88 Å². The van der Waals surface area contributed by atoms with Crippen LogP contribution in [0.4, 0.5) is 0 Å². The van der Waals surface area contributed by atoms with Crippen molar-refractivity contribution in [2.45, 2.75) is 19.3 Å². The second-order valence-electron chi connectivity index (χ2n) is 3.09. The summed E-state index contributed by atoms with van der Waals surface area (Å²) in [6.45, 7) is 0. The summed E-state index contributed by atoms with van der Waals surface area (Å²) in [6.07, 6.45) is 6.23. The highest BCUT2D eigenvalue weighted by Gasteiger charge is 2.02. The molecule has 0 saturated heterocycles. The third-order valence-electron chi connectivity index (χ3n) is 2.01. The van der Waals surface area contributed by atoms with E-state index < -0.39 is 0 Å². The Morgan fingerprint density at radius 2 is 2.29 bits per heavy atom. The molecule has 2 heterocycles. The standard InChI is InChI=1S/C9H11ClN4/c10-4-2-1-3-8-13-7-5-11-6-12-9(7)14-8/h5-6H,1-4H2,(H,11,12,13,14). The van der Waals surface area contributed by atoms with Gasteiger partial charge in [0.05, 0.1) is 6.20 Å². The third-order valence-corrected chi connectivity index (χ3v) is 2.28. The number of hydrogen-bond acceptors (Lipinski definition) is 3. The van der Waals surface area contributed by atoms with Crippen LogP contribution in [0.25, 0.3) is 11.2 Å². The van der Waals surface area contributed by atoms with E-state index in [0.29, 0.717) is 5.88 Å². The van der Waals surface area contributed by atoms with Gasteiger partial charge in [-0.15, -0.1) is 11.6 Å². The number of hydrogen-bond donors (Lipinski definition) is 1. The summed E-state index contributed by atoms with van der Waals surface area (Å²) in [5.41, 5.74) is 1.63. The van der Waals surface area contributed by atoms with Crippen molar-refractivity contribution in [3.8, 4) is 0 Å². The number of halogens is 1. The molecule has 0 bridgehead atoms. The highest BCUT2D eigenvalue weighted by Crippen LogP contribution is 2.08. The normalized spacial score (nSPS) is 10.9. The molecule has 0 unspecified atom stereocenters. The number of imidazole rings is 1. The first-order valence-corrected chi connectivity index (χ1v) is 5.14. The number of unbranched alkanes of at least 4 members (excludes halogenated alkanes) is 1. The van der Waals surface area contributed by atoms with Crippen molar-refractivity contribution < 1.29 is 0 Å². The monoisotopic (exact) mass is 210 g/mol. The molecule has 14 heavy (non-hydrogen) atoms. The number of H-pyrrole nitrogens is 1. The number of fused-ring (bicyclic) bond motifs is 1. The van der Waals surface area contributed by atoms with Crippen molar-refractivity contribution >= 4 is 22.8 Å². The zero-order valence-corrected chi connectivity index (χ0v) is 8.46. The van der Waals surface area contributed by atoms with Gasteiger partial charge in [0.15, 0.2) is 5.65 Å². The molecule has 0 spiro atoms. The SMILES string of the molecule is ClCCCCc1nc2ncncc2[nH]1. The van der Waals surface area contributed by atoms with E-state index in [1.54, 1.807) is 6.20 Å². The van der Waals surface area contributed by atoms with Crippen LogP contribution in [-0.2, 0) is 6.42 Å². The Balaban J connectivity index is 2.11. The molecule has 0 radical (unpaired) electrons. The molecule has 1 N–H and O–H groups in total. The predicted molar refractivity (Wildman–Crippen MR) is 55.3 cm³/mol. The minimum Gasteiger partial charge on any atom is -0.339 e. The Labute approximate surface area is 86.7 Å². The van der Waals surface area contributed by atoms with Crippen molar-refractivity contribution in [2.24, 2.45) is 0 Å². The van der Waals surface area contributed by atoms with Gasteiger partial charge in [-0.1, -0.05) is 0 Å². The van der Waals surface area contributed by atoms with Gasteiger partial charge in [0.2, 0.25) is 0 Å². The van der Waals surface area contributed by atoms with Gasteiger partial charge in [-0.2, -0.15) is 0 Å². The topological polar surface area (TPSA) is 54.5 Å². The lowest BCUT2D eigenvalue weighted by molar-refractivity contribution is 0.768. The first kappa shape index (κ1) is 9.40. The number of nitrogens with one attached hydrogen (secondary N) is 1. The molecule has 5 heteroatoms. The Hall–Kier alpha value is -1.16. The quantitative estimate of drug-likeness (QED) is 0.620. The zero-order valence-electron chi connectivity index (χ0n) is 7.70. The maximum atomic E-state index is 5.59. The van der Waals surface area contributed by atoms with Gasteiger partial charge in [-0.25, -0.2) is 15.0 Å². The summed E-state index contributed by atoms with van der Waals surface area (Å²) in [6, 6.07) is 0. The maximum Gasteiger partial charge on any atom is 0.180 e. The first-order chi connectivity index (χ1) is 6.90. The molecular weight excluding hydrogens is 200 g/mol. The van der Waals surface area contributed by atoms with Gasteiger partial charge in [-0.05, 0) is 12.8 Å². The van der Waals surface area contributed by atoms with E-state index in [0.717, 1.165) is 36.3 Å². The van der Waals surface area contributed by atoms with Crippen molar-refractivity contribution in [3.05, 3.63) is 18.3 Å². The number of aromatic amines is 1. The lowest BCUT2D eigenvalue weighted by Gasteiger charge is -1.92. The molecule has 0 aromatic carbocycles. The Bertz CT molecular complexity index is 379. The van der Waals surface area contributed by atoms with E-state index in [1.807, 2.05) is 0 Å². The lowest BCUT2D eigenvalue weighted by atomic mass is 10.2. The van der Waals surface area contributed by atoms with Crippen LogP contribution in [-0.4, -0.2) is 25.8 Å². The van der Waals surface area contributed by atoms with Crippen molar-refractivity contribution in [1.82, 2.24) is 19.9 Å². The second kappa shape index (κ2) is 4.37. The third kappa shape index (κ3) is 2.01. The molecule has 0 aliphatic rings. The highest BCUT2D eigenvalue weighted by atomic mass is 35.5. The van der Waals surface area contributed by atoms with Gasteiger partial charge in [0, 0.05) is 12.3 Å². The number of rotatable bonds is 4. The van der Waals surface area contributed by atoms with Gasteiger partial charge < -0.3 is 4.98 Å². The molecule has 0 atom stereocenters. The van der Waals surface area contributed by atoms with Crippen LogP contribution in [0, 0.1) is 0 Å². The lowest BCUT2D eigenvalue weighted by Crippen LogP contribution is -1.88. The van der Waals surface area contributed by atoms with E-state index in [-0.39, 0.29) is 0 Å². The van der Waals surface area contributed by atoms with E-state index in [2.05, 4.69) is 19.9 Å². The molecule has 2 aromatic heterocycles. The summed E-state index contributed by atoms with van der Waals surface area (Å²) in [7, 11) is 0. The molecular formula is C9H11ClN4. The molecule has 0 amide bonds. The second-order valence-corrected chi connectivity index (χ2v) is 3.47. The van der Waals surface area contributed by atoms with E-state index in [4.69, 9.17) is 11.6 Å². The largest absolute Gasteiger partial charge is 0.339 e. The molecule has 4 nitrogen and oxygen atoms in total. The molecule has 0 aliphatic carbocycles. The maximum absolute atomic E-state index is 5.59. The predicted octanol–water partition coefficient (Wildman–Crippen LogP) is 1.91. The van der Waals surface area contributed by atoms with Crippen LogP contribution in [0.1, 0.15) is 18.7 Å². The first-order valence-electron chi connectivity index (χ1n) is 4.60. The molecule has 0 aliphatic heterocycles. The highest BCUT2D eigenvalue weighted by molar-refractivity contribution is 6.17. The fourth-order valence-electron chi connectivity index (χ4n) is 1.32. The number of nitrogens with zero attached hydrogens (tertiary/aromatic N) is 3. The van der Waals surface area contributed by atoms with Gasteiger partial charge in [0.1, 0.15) is 17.7 Å². The average molecular weight is 211 g/mol. The van der Waals surface area contributed by atoms with Crippen LogP contribution in [0.15, 0.2) is 12.5 Å². The number of aryl methyl sites for hydroxylation is 1. The number of aromatic nitrogens is 4. The fraction of sp³-hybridized carbons (Fsp3) is 0.444. The number of alkyl halides is 1. The van der Waals surface area contributed by atoms with Crippen LogP contribution >= 0.6 is 11.6 Å². The Morgan fingerprint density at radius 3 is 3.07 bits per heavy atom. The van der Waals surface area contributed by atoms with E-state index >= 15 is 0 Å². The molecule has 2 aromatic rings. The van der Waals surface area contributed by atoms with Crippen molar-refractivity contribution in [3.63, 3.8) is 0 Å². The Morgan fingerprint density at radius 1 is 1.36 bits per heavy atom. The smallest absolute Gasteiger partial charge is 0.180 e. The van der Waals surface area contributed by atoms with Crippen LogP contribution < -0.4 is 0 Å². The minimum atomic E-state index is 0.708. The molecule has 2 rings (SSSR count). The van der Waals surface area contributed by atoms with Gasteiger partial charge >= 0.3 is 0 Å². The summed E-state index contributed by atoms with van der Waals surface area (Å²) < 4.78 is 0. The molecule has 0 saturated carbocycles. The molecule has 74 valence electrons. The van der Waals surface area contributed by atoms with Gasteiger partial charge in [-0.3, -0.25) is 0 Å². The van der Waals surface area contributed by atoms with Crippen LogP contribution in [0.3, 0.4) is 0 Å². The van der Waals surface area contributed by atoms with Crippen LogP contribution in [0.5, 0.6) is 0 Å². The fourth-order valence-corrected chi connectivity index (χ4v) is 1.51. The van der Waals surface area contributed by atoms with Gasteiger partial charge in [0.25, 0.3) is 0 Å². The zero-order chi connectivity index (χ0) is 9.80. The Kier molecular flexibility index (Phi) is 2.93. The van der Waals surface area contributed by atoms with E-state index in [9.17, 15) is 0 Å². The summed E-state index contributed by atoms with van der Waals surface area (Å²) in [5, 5.41) is 0. The van der Waals surface area contributed by atoms with E-state index in [1.165, 1.54) is 6.33 Å². The minimum absolute atomic E-state index is 0.708. The van der Waals surface area contributed by atoms with Crippen molar-refractivity contribution in [1.29, 1.82) is 0 Å². The summed E-state index contributed by atoms with van der Waals surface area (Å²) in [5.74, 6) is 1.67. The summed E-state index contributed by atoms with van der Waals surface area (Å²) in [4.78, 5) is 15.5. The molecule has 0 fully saturated rings. The van der Waals surface area contributed by atoms with Crippen LogP contribution in [0.2, 0.25) is 0 Å². The average Bonchev–Trinajstić information content (AvgIpc) is 2.60. The summed E-state index contributed by atoms with van der Waals surface area (Å²) >= 11 is 5.59.